The van der Waals surface area contributed by atoms with Gasteiger partial charge < -0.3 is 10.5 Å². The first-order chi connectivity index (χ1) is 21.6. The van der Waals surface area contributed by atoms with Crippen LogP contribution in [0.5, 0.6) is 0 Å². The van der Waals surface area contributed by atoms with Crippen LogP contribution < -0.4 is 48.3 Å². The van der Waals surface area contributed by atoms with Crippen LogP contribution in [0.15, 0.2) is 0 Å². The number of hydrogen-bond acceptors (Lipinski definition) is 10. The van der Waals surface area contributed by atoms with Crippen LogP contribution in [-0.2, 0) is 21.5 Å². The number of amides is 1. The molecule has 0 aromatic heterocycles. The van der Waals surface area contributed by atoms with Gasteiger partial charge in [0.1, 0.15) is 6.10 Å². The van der Waals surface area contributed by atoms with Crippen LogP contribution in [0.25, 0.3) is 0 Å². The Morgan fingerprint density at radius 1 is 0.422 bits per heavy atom. The Bertz CT molecular complexity index is 1070. The molecule has 1 radical (unpaired) electrons. The number of nitrogens with two attached hydrogens (primary N) is 1. The Kier molecular flexibility index (Phi) is 9.20. The largest absolute Gasteiger partial charge is 0.446 e. The van der Waals surface area contributed by atoms with E-state index in [1.807, 2.05) is 0 Å². The van der Waals surface area contributed by atoms with E-state index >= 15 is 0 Å². The third-order valence-electron chi connectivity index (χ3n) is 14.1. The van der Waals surface area contributed by atoms with Crippen LogP contribution in [0.2, 0.25) is 0 Å². The molecule has 0 spiro atoms. The quantitative estimate of drug-likeness (QED) is 0.202. The van der Waals surface area contributed by atoms with E-state index in [9.17, 15) is 4.79 Å². The molecular weight excluding hydrogens is 613 g/mol. The number of rotatable bonds is 1. The minimum atomic E-state index is -0.639. The van der Waals surface area contributed by atoms with Crippen molar-refractivity contribution in [2.24, 2.45) is 53.1 Å². The van der Waals surface area contributed by atoms with Crippen molar-refractivity contribution < 1.29 is 26.3 Å². The van der Waals surface area contributed by atoms with Gasteiger partial charge in [0.15, 0.2) is 0 Å². The summed E-state index contributed by atoms with van der Waals surface area (Å²) in [6.45, 7) is 0. The third-order valence-corrected chi connectivity index (χ3v) is 14.1. The van der Waals surface area contributed by atoms with E-state index in [4.69, 9.17) is 10.5 Å². The molecule has 255 valence electrons. The van der Waals surface area contributed by atoms with Crippen molar-refractivity contribution in [1.29, 1.82) is 0 Å². The summed E-state index contributed by atoms with van der Waals surface area (Å²) in [5, 5.41) is 33.2. The summed E-state index contributed by atoms with van der Waals surface area (Å²) in [6.07, 6.45) is 20.1. The number of hydrogen-bond donors (Lipinski definition) is 9. The van der Waals surface area contributed by atoms with Crippen molar-refractivity contribution in [3.63, 3.8) is 0 Å². The zero-order valence-corrected chi connectivity index (χ0v) is 27.7. The molecule has 45 heavy (non-hydrogen) atoms. The van der Waals surface area contributed by atoms with Crippen LogP contribution in [0, 0.1) is 47.3 Å². The Labute approximate surface area is 279 Å². The van der Waals surface area contributed by atoms with E-state index < -0.39 is 6.09 Å². The van der Waals surface area contributed by atoms with Gasteiger partial charge in [0.25, 0.3) is 0 Å². The normalized spacial score (nSPS) is 53.7. The fraction of sp³-hybridized carbons (Fsp3) is 0.970. The number of ether oxygens (including phenoxy) is 1. The maximum Gasteiger partial charge on any atom is 0.404 e. The van der Waals surface area contributed by atoms with Crippen molar-refractivity contribution in [2.75, 3.05) is 0 Å². The molecule has 5 heterocycles. The van der Waals surface area contributed by atoms with Gasteiger partial charge in [0.2, 0.25) is 0 Å². The van der Waals surface area contributed by atoms with Gasteiger partial charge in [-0.1, -0.05) is 38.5 Å². The number of carbonyl (C=O) groups is 1. The Hall–Kier alpha value is -0.544. The summed E-state index contributed by atoms with van der Waals surface area (Å²) in [7, 11) is 0. The molecule has 0 aromatic rings. The second kappa shape index (κ2) is 13.1. The number of fused-ring (bicyclic) bond motifs is 20. The summed E-state index contributed by atoms with van der Waals surface area (Å²) in [5.41, 5.74) is 5.65. The molecule has 5 aliphatic heterocycles. The average molecular weight is 671 g/mol. The molecule has 9 fully saturated rings. The number of primary amides is 1. The minimum Gasteiger partial charge on any atom is -0.446 e. The second-order valence-electron chi connectivity index (χ2n) is 16.1. The second-order valence-corrected chi connectivity index (χ2v) is 16.1. The van der Waals surface area contributed by atoms with Gasteiger partial charge >= 0.3 is 6.09 Å². The van der Waals surface area contributed by atoms with E-state index in [2.05, 4.69) is 42.5 Å². The van der Waals surface area contributed by atoms with Crippen LogP contribution in [0.3, 0.4) is 0 Å². The van der Waals surface area contributed by atoms with Gasteiger partial charge in [-0.05, 0) is 99.2 Å². The molecule has 12 heteroatoms. The van der Waals surface area contributed by atoms with E-state index in [-0.39, 0.29) is 53.5 Å². The maximum absolute atomic E-state index is 12.1. The van der Waals surface area contributed by atoms with Gasteiger partial charge in [-0.25, -0.2) is 4.79 Å². The summed E-state index contributed by atoms with van der Waals surface area (Å²) in [6, 6.07) is 0. The monoisotopic (exact) mass is 670 g/mol. The van der Waals surface area contributed by atoms with Crippen LogP contribution in [0.1, 0.15) is 96.3 Å². The van der Waals surface area contributed by atoms with E-state index in [1.165, 1.54) is 77.0 Å². The first-order valence-electron chi connectivity index (χ1n) is 18.7. The molecule has 9 aliphatic rings. The van der Waals surface area contributed by atoms with Gasteiger partial charge in [-0.3, -0.25) is 42.5 Å². The van der Waals surface area contributed by atoms with E-state index in [0.717, 1.165) is 19.3 Å². The summed E-state index contributed by atoms with van der Waals surface area (Å²) in [5.74, 6) is 4.45. The van der Waals surface area contributed by atoms with Crippen LogP contribution in [0.4, 0.5) is 4.79 Å². The molecule has 1 amide bonds. The molecule has 17 atom stereocenters. The molecule has 5 saturated heterocycles. The Morgan fingerprint density at radius 2 is 0.711 bits per heavy atom. The van der Waals surface area contributed by atoms with Crippen molar-refractivity contribution in [2.45, 2.75) is 152 Å². The first-order valence-corrected chi connectivity index (χ1v) is 18.7. The topological polar surface area (TPSA) is 149 Å². The third kappa shape index (κ3) is 5.70. The zero-order valence-electron chi connectivity index (χ0n) is 26.6. The predicted octanol–water partition coefficient (Wildman–Crippen LogP) is 1.68. The molecule has 17 unspecified atom stereocenters. The maximum atomic E-state index is 12.1. The molecular formula is C33H57CoN9O2. The van der Waals surface area contributed by atoms with Crippen molar-refractivity contribution >= 4 is 6.09 Å². The Balaban J connectivity index is 0.00000300. The molecule has 9 rings (SSSR count). The summed E-state index contributed by atoms with van der Waals surface area (Å²) < 4.78 is 5.86. The van der Waals surface area contributed by atoms with E-state index in [1.54, 1.807) is 0 Å². The van der Waals surface area contributed by atoms with Gasteiger partial charge in [0, 0.05) is 22.7 Å². The smallest absolute Gasteiger partial charge is 0.404 e. The molecule has 4 saturated carbocycles. The van der Waals surface area contributed by atoms with Crippen LogP contribution >= 0.6 is 0 Å². The van der Waals surface area contributed by atoms with E-state index in [0.29, 0.717) is 66.1 Å². The first kappa shape index (κ1) is 31.7. The van der Waals surface area contributed by atoms with Crippen molar-refractivity contribution in [3.8, 4) is 0 Å². The zero-order chi connectivity index (χ0) is 29.4. The summed E-state index contributed by atoms with van der Waals surface area (Å²) >= 11 is 0. The fourth-order valence-corrected chi connectivity index (χ4v) is 12.3. The fourth-order valence-electron chi connectivity index (χ4n) is 12.3. The van der Waals surface area contributed by atoms with Crippen molar-refractivity contribution in [1.82, 2.24) is 42.5 Å². The molecule has 11 nitrogen and oxygen atoms in total. The molecule has 8 bridgehead atoms. The number of nitrogens with one attached hydrogen (secondary N) is 8. The average Bonchev–Trinajstić information content (AvgIpc) is 3.77. The number of carbonyl (C=O) groups excluding carboxylic acids is 1. The molecule has 0 aromatic carbocycles. The van der Waals surface area contributed by atoms with Gasteiger partial charge in [-0.15, -0.1) is 0 Å². The summed E-state index contributed by atoms with van der Waals surface area (Å²) in [4.78, 5) is 12.1. The van der Waals surface area contributed by atoms with Gasteiger partial charge in [0.05, 0.1) is 49.3 Å². The molecule has 4 aliphatic carbocycles. The van der Waals surface area contributed by atoms with Gasteiger partial charge in [-0.2, -0.15) is 0 Å². The van der Waals surface area contributed by atoms with Crippen LogP contribution in [-0.4, -0.2) is 61.5 Å². The Morgan fingerprint density at radius 3 is 1.04 bits per heavy atom. The minimum absolute atomic E-state index is 0. The predicted molar refractivity (Wildman–Crippen MR) is 167 cm³/mol. The standard InChI is InChI=1S/C33H57N9O2.Co/c34-33(43)44-23-15-7-14-22-24(23)32-41-30-21-13-6-5-12-20(21)28(39-30)37-26-17-9-2-1-8-16(17)25(35-26)36-27-18-10-3-4-11-19(18)29(38-27)40-31(22)42-32;/h16-32,35-42H,1-15H2,(H2,34,43);. The SMILES string of the molecule is NC(=O)OC1CCCC2C3NC4NC(NC5NC(NC6NC(NC(N3)C12)C1CCCCC61)C1CCCCC51)C1CCCCC41.[Co]. The van der Waals surface area contributed by atoms with Crippen molar-refractivity contribution in [3.05, 3.63) is 0 Å². The molecule has 10 N–H and O–H groups in total.